The van der Waals surface area contributed by atoms with Crippen LogP contribution >= 0.6 is 0 Å². The van der Waals surface area contributed by atoms with Crippen molar-refractivity contribution in [2.75, 3.05) is 12.3 Å². The summed E-state index contributed by atoms with van der Waals surface area (Å²) in [5, 5.41) is 3.94. The number of anilines is 1. The Kier molecular flexibility index (Phi) is 3.53. The Hall–Kier alpha value is -2.10. The number of nitrogens with two attached hydrogens (primary N) is 1. The van der Waals surface area contributed by atoms with E-state index in [4.69, 9.17) is 5.73 Å². The molecule has 0 bridgehead atoms. The second-order valence-electron chi connectivity index (χ2n) is 6.00. The smallest absolute Gasteiger partial charge is 0.252 e. The third kappa shape index (κ3) is 2.58. The summed E-state index contributed by atoms with van der Waals surface area (Å²) in [7, 11) is 0. The quantitative estimate of drug-likeness (QED) is 0.905. The molecular weight excluding hydrogens is 262 g/mol. The van der Waals surface area contributed by atoms with Gasteiger partial charge in [0.15, 0.2) is 0 Å². The number of para-hydroxylation sites is 1. The highest BCUT2D eigenvalue weighted by atomic mass is 16.1. The first-order valence-corrected chi connectivity index (χ1v) is 7.57. The fraction of sp³-hybridized carbons (Fsp3) is 0.412. The molecule has 1 aromatic carbocycles. The number of carbonyl (C=O) groups excluding carboxylic acids is 1. The van der Waals surface area contributed by atoms with Gasteiger partial charge in [-0.15, -0.1) is 0 Å². The number of pyridine rings is 1. The molecule has 0 atom stereocenters. The van der Waals surface area contributed by atoms with E-state index in [0.717, 1.165) is 23.9 Å². The number of aromatic nitrogens is 1. The van der Waals surface area contributed by atoms with E-state index in [1.807, 2.05) is 24.3 Å². The van der Waals surface area contributed by atoms with Gasteiger partial charge >= 0.3 is 0 Å². The number of fused-ring (bicyclic) bond motifs is 1. The summed E-state index contributed by atoms with van der Waals surface area (Å²) in [6.07, 6.45) is 4.81. The Morgan fingerprint density at radius 1 is 1.38 bits per heavy atom. The van der Waals surface area contributed by atoms with Crippen molar-refractivity contribution in [3.05, 3.63) is 35.9 Å². The van der Waals surface area contributed by atoms with Crippen LogP contribution in [-0.4, -0.2) is 17.4 Å². The zero-order chi connectivity index (χ0) is 14.9. The van der Waals surface area contributed by atoms with E-state index in [0.29, 0.717) is 16.8 Å². The van der Waals surface area contributed by atoms with Gasteiger partial charge in [-0.1, -0.05) is 31.5 Å². The fourth-order valence-electron chi connectivity index (χ4n) is 3.08. The standard InChI is InChI=1S/C17H21N3O/c1-2-17(8-5-9-17)11-19-16(21)13-10-15(18)20-14-7-4-3-6-12(13)14/h3-4,6-7,10H,2,5,8-9,11H2,1H3,(H2,18,20)(H,19,21). The number of hydrogen-bond acceptors (Lipinski definition) is 3. The summed E-state index contributed by atoms with van der Waals surface area (Å²) < 4.78 is 0. The zero-order valence-corrected chi connectivity index (χ0v) is 12.4. The maximum atomic E-state index is 12.5. The van der Waals surface area contributed by atoms with Crippen molar-refractivity contribution in [3.63, 3.8) is 0 Å². The molecule has 21 heavy (non-hydrogen) atoms. The molecule has 1 amide bonds. The topological polar surface area (TPSA) is 68.0 Å². The van der Waals surface area contributed by atoms with Crippen LogP contribution in [-0.2, 0) is 0 Å². The molecule has 0 aliphatic heterocycles. The molecule has 1 aromatic heterocycles. The van der Waals surface area contributed by atoms with Gasteiger partial charge in [-0.05, 0) is 36.8 Å². The van der Waals surface area contributed by atoms with Crippen LogP contribution in [0.5, 0.6) is 0 Å². The van der Waals surface area contributed by atoms with Gasteiger partial charge in [0.25, 0.3) is 5.91 Å². The van der Waals surface area contributed by atoms with Crippen molar-refractivity contribution in [1.29, 1.82) is 0 Å². The van der Waals surface area contributed by atoms with E-state index in [9.17, 15) is 4.79 Å². The van der Waals surface area contributed by atoms with Gasteiger partial charge in [0.2, 0.25) is 0 Å². The molecule has 0 saturated heterocycles. The number of hydrogen-bond donors (Lipinski definition) is 2. The molecule has 3 rings (SSSR count). The summed E-state index contributed by atoms with van der Waals surface area (Å²) >= 11 is 0. The summed E-state index contributed by atoms with van der Waals surface area (Å²) in [5.41, 5.74) is 7.50. The van der Waals surface area contributed by atoms with Crippen molar-refractivity contribution in [2.24, 2.45) is 5.41 Å². The van der Waals surface area contributed by atoms with Crippen LogP contribution in [0.3, 0.4) is 0 Å². The van der Waals surface area contributed by atoms with E-state index in [2.05, 4.69) is 17.2 Å². The molecule has 4 nitrogen and oxygen atoms in total. The highest BCUT2D eigenvalue weighted by Gasteiger charge is 2.35. The maximum Gasteiger partial charge on any atom is 0.252 e. The summed E-state index contributed by atoms with van der Waals surface area (Å²) in [4.78, 5) is 16.8. The lowest BCUT2D eigenvalue weighted by Crippen LogP contribution is -2.41. The third-order valence-electron chi connectivity index (χ3n) is 4.77. The van der Waals surface area contributed by atoms with Crippen molar-refractivity contribution in [3.8, 4) is 0 Å². The molecule has 1 saturated carbocycles. The molecule has 1 heterocycles. The Morgan fingerprint density at radius 2 is 2.14 bits per heavy atom. The van der Waals surface area contributed by atoms with Crippen LogP contribution in [0.25, 0.3) is 10.9 Å². The van der Waals surface area contributed by atoms with Crippen molar-refractivity contribution < 1.29 is 4.79 Å². The lowest BCUT2D eigenvalue weighted by atomic mass is 9.67. The highest BCUT2D eigenvalue weighted by Crippen LogP contribution is 2.43. The fourth-order valence-corrected chi connectivity index (χ4v) is 3.08. The molecular formula is C17H21N3O. The molecule has 3 N–H and O–H groups in total. The summed E-state index contributed by atoms with van der Waals surface area (Å²) in [6.45, 7) is 2.95. The summed E-state index contributed by atoms with van der Waals surface area (Å²) in [5.74, 6) is 0.327. The molecule has 1 aliphatic carbocycles. The van der Waals surface area contributed by atoms with Gasteiger partial charge in [-0.3, -0.25) is 4.79 Å². The van der Waals surface area contributed by atoms with Crippen LogP contribution < -0.4 is 11.1 Å². The molecule has 1 fully saturated rings. The van der Waals surface area contributed by atoms with Crippen molar-refractivity contribution >= 4 is 22.6 Å². The highest BCUT2D eigenvalue weighted by molar-refractivity contribution is 6.06. The average molecular weight is 283 g/mol. The van der Waals surface area contributed by atoms with E-state index in [1.54, 1.807) is 6.07 Å². The van der Waals surface area contributed by atoms with Gasteiger partial charge < -0.3 is 11.1 Å². The average Bonchev–Trinajstić information content (AvgIpc) is 2.45. The molecule has 4 heteroatoms. The van der Waals surface area contributed by atoms with Crippen LogP contribution in [0.4, 0.5) is 5.82 Å². The Morgan fingerprint density at radius 3 is 2.81 bits per heavy atom. The molecule has 0 radical (unpaired) electrons. The molecule has 1 aliphatic rings. The van der Waals surface area contributed by atoms with E-state index < -0.39 is 0 Å². The maximum absolute atomic E-state index is 12.5. The first-order chi connectivity index (χ1) is 10.1. The predicted octanol–water partition coefficient (Wildman–Crippen LogP) is 3.13. The van der Waals surface area contributed by atoms with Crippen LogP contribution in [0.2, 0.25) is 0 Å². The van der Waals surface area contributed by atoms with Crippen LogP contribution in [0.15, 0.2) is 30.3 Å². The number of rotatable bonds is 4. The predicted molar refractivity (Wildman–Crippen MR) is 85.1 cm³/mol. The largest absolute Gasteiger partial charge is 0.384 e. The van der Waals surface area contributed by atoms with Gasteiger partial charge in [0.05, 0.1) is 11.1 Å². The van der Waals surface area contributed by atoms with Gasteiger partial charge in [-0.25, -0.2) is 4.98 Å². The van der Waals surface area contributed by atoms with Crippen LogP contribution in [0.1, 0.15) is 43.0 Å². The molecule has 0 unspecified atom stereocenters. The van der Waals surface area contributed by atoms with Gasteiger partial charge in [0.1, 0.15) is 5.82 Å². The normalized spacial score (nSPS) is 16.4. The van der Waals surface area contributed by atoms with Crippen LogP contribution in [0, 0.1) is 5.41 Å². The van der Waals surface area contributed by atoms with Crippen molar-refractivity contribution in [1.82, 2.24) is 10.3 Å². The first-order valence-electron chi connectivity index (χ1n) is 7.57. The number of benzene rings is 1. The Balaban J connectivity index is 1.84. The molecule has 110 valence electrons. The SMILES string of the molecule is CCC1(CNC(=O)c2cc(N)nc3ccccc23)CCC1. The lowest BCUT2D eigenvalue weighted by molar-refractivity contribution is 0.0851. The van der Waals surface area contributed by atoms with E-state index >= 15 is 0 Å². The third-order valence-corrected chi connectivity index (χ3v) is 4.77. The van der Waals surface area contributed by atoms with Gasteiger partial charge in [0, 0.05) is 11.9 Å². The molecule has 2 aromatic rings. The van der Waals surface area contributed by atoms with Gasteiger partial charge in [-0.2, -0.15) is 0 Å². The first kappa shape index (κ1) is 13.9. The zero-order valence-electron chi connectivity index (χ0n) is 12.4. The molecule has 0 spiro atoms. The minimum atomic E-state index is -0.0555. The Labute approximate surface area is 124 Å². The monoisotopic (exact) mass is 283 g/mol. The number of amides is 1. The Bertz CT molecular complexity index is 671. The number of nitrogen functional groups attached to an aromatic ring is 1. The summed E-state index contributed by atoms with van der Waals surface area (Å²) in [6, 6.07) is 9.27. The lowest BCUT2D eigenvalue weighted by Gasteiger charge is -2.41. The minimum Gasteiger partial charge on any atom is -0.384 e. The number of nitrogens with zero attached hydrogens (tertiary/aromatic N) is 1. The van der Waals surface area contributed by atoms with E-state index in [-0.39, 0.29) is 5.91 Å². The second kappa shape index (κ2) is 5.35. The van der Waals surface area contributed by atoms with E-state index in [1.165, 1.54) is 19.3 Å². The number of carbonyl (C=O) groups is 1. The second-order valence-corrected chi connectivity index (χ2v) is 6.00. The minimum absolute atomic E-state index is 0.0555. The van der Waals surface area contributed by atoms with Crippen molar-refractivity contribution in [2.45, 2.75) is 32.6 Å². The number of nitrogens with one attached hydrogen (secondary N) is 1.